The van der Waals surface area contributed by atoms with Gasteiger partial charge < -0.3 is 9.13 Å². The number of benzene rings is 10. The molecule has 30 heteroatoms. The van der Waals surface area contributed by atoms with Crippen LogP contribution in [-0.4, -0.2) is 14.1 Å². The zero-order valence-corrected chi connectivity index (χ0v) is 51.2. The lowest BCUT2D eigenvalue weighted by atomic mass is 9.95. The van der Waals surface area contributed by atoms with E-state index in [1.165, 1.54) is 36.4 Å². The first-order valence-corrected chi connectivity index (χ1v) is 29.9. The van der Waals surface area contributed by atoms with Crippen molar-refractivity contribution in [3.8, 4) is 78.4 Å². The molecule has 0 amide bonds. The highest BCUT2D eigenvalue weighted by Crippen LogP contribution is 2.52. The number of hydrogen-bond donors (Lipinski definition) is 0. The van der Waals surface area contributed by atoms with Crippen LogP contribution in [0.25, 0.3) is 122 Å². The molecule has 0 radical (unpaired) electrons. The van der Waals surface area contributed by atoms with Crippen LogP contribution in [-0.2, 0) is 55.6 Å². The van der Waals surface area contributed by atoms with E-state index in [-0.39, 0.29) is 81.3 Å². The molecule has 104 heavy (non-hydrogen) atoms. The van der Waals surface area contributed by atoms with Crippen molar-refractivity contribution >= 4 is 43.6 Å². The maximum Gasteiger partial charge on any atom is 0.417 e. The second kappa shape index (κ2) is 24.3. The molecule has 10 aromatic carbocycles. The predicted octanol–water partition coefficient (Wildman–Crippen LogP) is 26.4. The van der Waals surface area contributed by atoms with E-state index in [0.29, 0.717) is 36.4 Å². The molecule has 13 rings (SSSR count). The molecule has 0 aliphatic heterocycles. The molecule has 534 valence electrons. The Labute approximate surface area is 564 Å². The average Bonchev–Trinajstić information content (AvgIpc) is 1.06. The number of aromatic nitrogens is 3. The summed E-state index contributed by atoms with van der Waals surface area (Å²) in [6, 6.07) is 24.7. The Morgan fingerprint density at radius 1 is 0.212 bits per heavy atom. The van der Waals surface area contributed by atoms with Gasteiger partial charge in [-0.15, -0.1) is 0 Å². The summed E-state index contributed by atoms with van der Waals surface area (Å²) in [5.74, 6) is 0. The fraction of sp³-hybridized carbons (Fsp3) is 0.122. The van der Waals surface area contributed by atoms with Crippen LogP contribution < -0.4 is 0 Å². The molecule has 3 nitrogen and oxygen atoms in total. The van der Waals surface area contributed by atoms with Gasteiger partial charge in [-0.25, -0.2) is 4.98 Å². The number of rotatable bonds is 8. The highest BCUT2D eigenvalue weighted by Gasteiger charge is 2.44. The van der Waals surface area contributed by atoms with Crippen molar-refractivity contribution in [1.29, 1.82) is 0 Å². The minimum absolute atomic E-state index is 0.0496. The summed E-state index contributed by atoms with van der Waals surface area (Å²) < 4.78 is 404. The zero-order valence-electron chi connectivity index (χ0n) is 51.2. The fourth-order valence-corrected chi connectivity index (χ4v) is 12.8. The molecule has 0 bridgehead atoms. The lowest BCUT2D eigenvalue weighted by Gasteiger charge is -2.23. The summed E-state index contributed by atoms with van der Waals surface area (Å²) in [6.07, 6.45) is -49.8. The van der Waals surface area contributed by atoms with Crippen molar-refractivity contribution in [2.24, 2.45) is 0 Å². The van der Waals surface area contributed by atoms with E-state index >= 15 is 65.9 Å². The molecule has 0 saturated heterocycles. The fourth-order valence-electron chi connectivity index (χ4n) is 12.8. The van der Waals surface area contributed by atoms with Gasteiger partial charge in [0.25, 0.3) is 0 Å². The zero-order chi connectivity index (χ0) is 75.3. The van der Waals surface area contributed by atoms with E-state index in [4.69, 9.17) is 4.98 Å². The molecular weight excluding hydrogens is 1440 g/mol. The van der Waals surface area contributed by atoms with E-state index in [0.717, 1.165) is 88.0 Å². The van der Waals surface area contributed by atoms with Crippen LogP contribution in [0.3, 0.4) is 0 Å². The molecular formula is C74H34F27N3. The van der Waals surface area contributed by atoms with Gasteiger partial charge >= 0.3 is 55.6 Å². The molecule has 0 unspecified atom stereocenters. The molecule has 0 aliphatic rings. The van der Waals surface area contributed by atoms with E-state index in [1.807, 2.05) is 0 Å². The van der Waals surface area contributed by atoms with Gasteiger partial charge in [0.1, 0.15) is 0 Å². The first-order valence-electron chi connectivity index (χ1n) is 29.9. The number of fused-ring (bicyclic) bond motifs is 6. The van der Waals surface area contributed by atoms with Crippen LogP contribution >= 0.6 is 0 Å². The number of alkyl halides is 27. The number of pyridine rings is 1. The molecule has 0 spiro atoms. The van der Waals surface area contributed by atoms with Crippen LogP contribution in [0.5, 0.6) is 0 Å². The topological polar surface area (TPSA) is 22.8 Å². The molecule has 3 heterocycles. The monoisotopic (exact) mass is 1480 g/mol. The van der Waals surface area contributed by atoms with Gasteiger partial charge in [-0.2, -0.15) is 119 Å². The summed E-state index contributed by atoms with van der Waals surface area (Å²) in [5.41, 5.74) is -28.6. The minimum Gasteiger partial charge on any atom is -0.308 e. The first kappa shape index (κ1) is 71.5. The van der Waals surface area contributed by atoms with Crippen molar-refractivity contribution in [1.82, 2.24) is 14.1 Å². The number of nitrogens with zero attached hydrogens (tertiary/aromatic N) is 3. The summed E-state index contributed by atoms with van der Waals surface area (Å²) in [4.78, 5) is 4.82. The summed E-state index contributed by atoms with van der Waals surface area (Å²) in [6.45, 7) is 0. The summed E-state index contributed by atoms with van der Waals surface area (Å²) >= 11 is 0. The normalized spacial score (nSPS) is 13.3. The molecule has 13 aromatic rings. The maximum absolute atomic E-state index is 16.6. The third-order valence-electron chi connectivity index (χ3n) is 17.4. The largest absolute Gasteiger partial charge is 0.417 e. The maximum atomic E-state index is 16.6. The molecule has 0 N–H and O–H groups in total. The van der Waals surface area contributed by atoms with Crippen molar-refractivity contribution in [2.45, 2.75) is 55.6 Å². The predicted molar refractivity (Wildman–Crippen MR) is 331 cm³/mol. The Bertz CT molecular complexity index is 5040. The van der Waals surface area contributed by atoms with E-state index in [2.05, 4.69) is 0 Å². The summed E-state index contributed by atoms with van der Waals surface area (Å²) in [5, 5.41) is -0.962. The smallest absolute Gasteiger partial charge is 0.308 e. The quantitative estimate of drug-likeness (QED) is 0.139. The minimum atomic E-state index is -5.70. The third kappa shape index (κ3) is 13.1. The SMILES string of the molecule is FC(F)(F)c1cc(-n2c3cc(-c4ccc(C(F)(F)F)cc4C(F)(F)F)ccc3c3ccc(-c4ccc(C(F)(F)F)cc4C(F)(F)F)cc32)c(-c2cccc(-c3ccccc3)n2)c(-n2c3cc(-c4ccc(C(F)(F)F)cc4C(F)(F)F)ccc3c3ccc(-c4ccc(C(F)(F)F)cc4C(F)(F)F)cc32)c1. The molecule has 0 aliphatic carbocycles. The van der Waals surface area contributed by atoms with E-state index in [1.54, 1.807) is 6.07 Å². The van der Waals surface area contributed by atoms with Gasteiger partial charge in [-0.1, -0.05) is 109 Å². The van der Waals surface area contributed by atoms with Crippen LogP contribution in [0.2, 0.25) is 0 Å². The third-order valence-corrected chi connectivity index (χ3v) is 17.4. The van der Waals surface area contributed by atoms with Crippen LogP contribution in [0.4, 0.5) is 119 Å². The highest BCUT2D eigenvalue weighted by atomic mass is 19.4. The average molecular weight is 1480 g/mol. The lowest BCUT2D eigenvalue weighted by molar-refractivity contribution is -0.144. The van der Waals surface area contributed by atoms with Crippen molar-refractivity contribution in [3.05, 3.63) is 256 Å². The van der Waals surface area contributed by atoms with Gasteiger partial charge in [-0.3, -0.25) is 0 Å². The molecule has 0 saturated carbocycles. The molecule has 3 aromatic heterocycles. The standard InChI is InChI=1S/C74H34F27N3/c75-66(76,77)40-13-21-45(53(29-40)71(90,91)92)36-9-17-49-50-18-10-37(46-22-14-41(67(78,79)80)30-54(46)72(93,94)95)26-60(50)103(59(49)25-36)63-33-44(70(87,88)89)34-64(65(63)58-8-4-7-57(102-58)35-5-2-1-3-6-35)104-61-27-38(47-23-15-42(68(81,82)83)31-55(47)73(96,97)98)11-19-51(61)52-20-12-39(28-62(52)104)48-24-16-43(69(84,85)86)32-56(48)74(99,100)101/h1-34H. The van der Waals surface area contributed by atoms with E-state index in [9.17, 15) is 52.7 Å². The van der Waals surface area contributed by atoms with Gasteiger partial charge in [0.15, 0.2) is 0 Å². The Balaban J connectivity index is 1.25. The van der Waals surface area contributed by atoms with Crippen LogP contribution in [0.15, 0.2) is 206 Å². The Hall–Kier alpha value is -10.9. The number of halogens is 27. The second-order valence-electron chi connectivity index (χ2n) is 23.8. The van der Waals surface area contributed by atoms with Crippen LogP contribution in [0.1, 0.15) is 50.1 Å². The lowest BCUT2D eigenvalue weighted by Crippen LogP contribution is -2.13. The summed E-state index contributed by atoms with van der Waals surface area (Å²) in [7, 11) is 0. The van der Waals surface area contributed by atoms with Crippen LogP contribution in [0, 0.1) is 0 Å². The Morgan fingerprint density at radius 3 is 0.740 bits per heavy atom. The van der Waals surface area contributed by atoms with Crippen molar-refractivity contribution < 1.29 is 119 Å². The van der Waals surface area contributed by atoms with Gasteiger partial charge in [-0.05, 0) is 142 Å². The first-order chi connectivity index (χ1) is 48.2. The van der Waals surface area contributed by atoms with Gasteiger partial charge in [0.2, 0.25) is 0 Å². The van der Waals surface area contributed by atoms with Gasteiger partial charge in [0, 0.05) is 32.7 Å². The highest BCUT2D eigenvalue weighted by molar-refractivity contribution is 6.14. The Kier molecular flexibility index (Phi) is 16.7. The molecule has 0 fully saturated rings. The molecule has 0 atom stereocenters. The van der Waals surface area contributed by atoms with Crippen molar-refractivity contribution in [2.75, 3.05) is 0 Å². The number of hydrogen-bond acceptors (Lipinski definition) is 1. The van der Waals surface area contributed by atoms with Crippen molar-refractivity contribution in [3.63, 3.8) is 0 Å². The Morgan fingerprint density at radius 2 is 0.481 bits per heavy atom. The van der Waals surface area contributed by atoms with E-state index < -0.39 is 195 Å². The van der Waals surface area contributed by atoms with Gasteiger partial charge in [0.05, 0.1) is 94.9 Å². The second-order valence-corrected chi connectivity index (χ2v) is 23.8.